The summed E-state index contributed by atoms with van der Waals surface area (Å²) in [5, 5.41) is 10.1. The molecule has 1 saturated heterocycles. The number of esters is 1. The van der Waals surface area contributed by atoms with E-state index >= 15 is 0 Å². The summed E-state index contributed by atoms with van der Waals surface area (Å²) in [6.45, 7) is 0.0743. The van der Waals surface area contributed by atoms with E-state index in [0.29, 0.717) is 10.8 Å². The highest BCUT2D eigenvalue weighted by Crippen LogP contribution is 2.34. The lowest BCUT2D eigenvalue weighted by Gasteiger charge is -2.14. The Hall–Kier alpha value is -2.08. The summed E-state index contributed by atoms with van der Waals surface area (Å²) in [5.41, 5.74) is 0.779. The molecule has 1 aliphatic rings. The smallest absolute Gasteiger partial charge is 0.319 e. The molecule has 0 saturated carbocycles. The van der Waals surface area contributed by atoms with Crippen LogP contribution in [0, 0.1) is 5.92 Å². The van der Waals surface area contributed by atoms with Crippen LogP contribution in [0.2, 0.25) is 0 Å². The van der Waals surface area contributed by atoms with Crippen molar-refractivity contribution in [2.45, 2.75) is 5.92 Å². The molecule has 102 valence electrons. The van der Waals surface area contributed by atoms with E-state index in [0.717, 1.165) is 5.56 Å². The van der Waals surface area contributed by atoms with Crippen LogP contribution in [0.5, 0.6) is 5.75 Å². The van der Waals surface area contributed by atoms with Gasteiger partial charge < -0.3 is 9.47 Å². The summed E-state index contributed by atoms with van der Waals surface area (Å²) in [7, 11) is 2.78. The number of rotatable bonds is 3. The Balaban J connectivity index is 2.30. The predicted molar refractivity (Wildman–Crippen MR) is 64.7 cm³/mol. The Morgan fingerprint density at radius 2 is 1.95 bits per heavy atom. The maximum Gasteiger partial charge on any atom is 0.319 e. The molecule has 19 heavy (non-hydrogen) atoms. The fourth-order valence-corrected chi connectivity index (χ4v) is 2.26. The van der Waals surface area contributed by atoms with E-state index in [1.165, 1.54) is 7.11 Å². The van der Waals surface area contributed by atoms with Crippen LogP contribution < -0.4 is 4.74 Å². The Morgan fingerprint density at radius 3 is 2.47 bits per heavy atom. The van der Waals surface area contributed by atoms with Gasteiger partial charge in [-0.05, 0) is 17.7 Å². The van der Waals surface area contributed by atoms with E-state index in [1.807, 2.05) is 0 Å². The van der Waals surface area contributed by atoms with Crippen LogP contribution in [0.25, 0.3) is 0 Å². The van der Waals surface area contributed by atoms with Crippen molar-refractivity contribution in [3.05, 3.63) is 29.8 Å². The van der Waals surface area contributed by atoms with Crippen LogP contribution in [0.4, 0.5) is 0 Å². The van der Waals surface area contributed by atoms with Crippen molar-refractivity contribution in [3.8, 4) is 5.75 Å². The van der Waals surface area contributed by atoms with Gasteiger partial charge in [0.1, 0.15) is 11.7 Å². The minimum absolute atomic E-state index is 0.0743. The monoisotopic (exact) mass is 265 g/mol. The standard InChI is InChI=1S/C13H15NO5/c1-18-9-5-3-8(4-6-9)10-7-14(17)12(15)11(10)13(16)19-2/h3-6,10-11,17H,7H2,1-2H3. The molecule has 0 bridgehead atoms. The zero-order valence-corrected chi connectivity index (χ0v) is 10.7. The zero-order valence-electron chi connectivity index (χ0n) is 10.7. The Kier molecular flexibility index (Phi) is 3.71. The fraction of sp³-hybridized carbons (Fsp3) is 0.385. The quantitative estimate of drug-likeness (QED) is 0.497. The molecule has 0 aromatic heterocycles. The summed E-state index contributed by atoms with van der Waals surface area (Å²) in [4.78, 5) is 23.4. The Morgan fingerprint density at radius 1 is 1.32 bits per heavy atom. The van der Waals surface area contributed by atoms with E-state index in [9.17, 15) is 14.8 Å². The first-order chi connectivity index (χ1) is 9.08. The molecule has 0 aliphatic carbocycles. The number of amides is 1. The van der Waals surface area contributed by atoms with Gasteiger partial charge >= 0.3 is 5.97 Å². The van der Waals surface area contributed by atoms with Gasteiger partial charge in [0.15, 0.2) is 0 Å². The van der Waals surface area contributed by atoms with Crippen molar-refractivity contribution in [2.24, 2.45) is 5.92 Å². The second kappa shape index (κ2) is 5.27. The van der Waals surface area contributed by atoms with Crippen LogP contribution in [-0.2, 0) is 14.3 Å². The highest BCUT2D eigenvalue weighted by molar-refractivity contribution is 6.00. The molecule has 6 heteroatoms. The molecular weight excluding hydrogens is 250 g/mol. The largest absolute Gasteiger partial charge is 0.497 e. The zero-order chi connectivity index (χ0) is 14.0. The van der Waals surface area contributed by atoms with Crippen molar-refractivity contribution >= 4 is 11.9 Å². The average Bonchev–Trinajstić information content (AvgIpc) is 2.74. The maximum atomic E-state index is 11.8. The Bertz CT molecular complexity index is 484. The average molecular weight is 265 g/mol. The summed E-state index contributed by atoms with van der Waals surface area (Å²) >= 11 is 0. The molecule has 2 unspecified atom stereocenters. The lowest BCUT2D eigenvalue weighted by molar-refractivity contribution is -0.165. The summed E-state index contributed by atoms with van der Waals surface area (Å²) in [6, 6.07) is 7.03. The first kappa shape index (κ1) is 13.4. The van der Waals surface area contributed by atoms with Gasteiger partial charge in [0.2, 0.25) is 0 Å². The maximum absolute atomic E-state index is 11.8. The normalized spacial score (nSPS) is 22.5. The van der Waals surface area contributed by atoms with Crippen LogP contribution in [0.15, 0.2) is 24.3 Å². The van der Waals surface area contributed by atoms with E-state index in [1.54, 1.807) is 31.4 Å². The van der Waals surface area contributed by atoms with Crippen molar-refractivity contribution in [1.82, 2.24) is 5.06 Å². The number of carbonyl (C=O) groups excluding carboxylic acids is 2. The van der Waals surface area contributed by atoms with Crippen LogP contribution in [0.1, 0.15) is 11.5 Å². The topological polar surface area (TPSA) is 76.1 Å². The molecule has 1 N–H and O–H groups in total. The second-order valence-corrected chi connectivity index (χ2v) is 4.30. The number of hydrogen-bond acceptors (Lipinski definition) is 5. The van der Waals surface area contributed by atoms with Gasteiger partial charge in [-0.1, -0.05) is 12.1 Å². The highest BCUT2D eigenvalue weighted by atomic mass is 16.5. The molecule has 2 atom stereocenters. The number of nitrogens with zero attached hydrogens (tertiary/aromatic N) is 1. The molecular formula is C13H15NO5. The molecule has 1 aromatic rings. The molecule has 6 nitrogen and oxygen atoms in total. The van der Waals surface area contributed by atoms with E-state index in [2.05, 4.69) is 4.74 Å². The van der Waals surface area contributed by atoms with Gasteiger partial charge in [0.25, 0.3) is 5.91 Å². The van der Waals surface area contributed by atoms with Gasteiger partial charge in [0.05, 0.1) is 20.8 Å². The summed E-state index contributed by atoms with van der Waals surface area (Å²) in [6.07, 6.45) is 0. The first-order valence-corrected chi connectivity index (χ1v) is 5.80. The number of hydroxylamine groups is 2. The Labute approximate surface area is 110 Å². The van der Waals surface area contributed by atoms with Crippen molar-refractivity contribution in [3.63, 3.8) is 0 Å². The van der Waals surface area contributed by atoms with E-state index in [4.69, 9.17) is 4.74 Å². The fourth-order valence-electron chi connectivity index (χ4n) is 2.26. The lowest BCUT2D eigenvalue weighted by Crippen LogP contribution is -2.29. The van der Waals surface area contributed by atoms with Crippen molar-refractivity contribution < 1.29 is 24.3 Å². The van der Waals surface area contributed by atoms with Crippen LogP contribution in [0.3, 0.4) is 0 Å². The third kappa shape index (κ3) is 2.39. The molecule has 1 amide bonds. The number of benzene rings is 1. The lowest BCUT2D eigenvalue weighted by atomic mass is 9.88. The van der Waals surface area contributed by atoms with E-state index in [-0.39, 0.29) is 6.54 Å². The highest BCUT2D eigenvalue weighted by Gasteiger charge is 2.46. The minimum Gasteiger partial charge on any atom is -0.497 e. The molecule has 1 aliphatic heterocycles. The van der Waals surface area contributed by atoms with Gasteiger partial charge in [-0.2, -0.15) is 0 Å². The number of methoxy groups -OCH3 is 2. The minimum atomic E-state index is -0.997. The SMILES string of the molecule is COC(=O)C1C(=O)N(O)CC1c1ccc(OC)cc1. The number of ether oxygens (including phenoxy) is 2. The van der Waals surface area contributed by atoms with Gasteiger partial charge in [-0.3, -0.25) is 14.8 Å². The molecule has 0 radical (unpaired) electrons. The van der Waals surface area contributed by atoms with Gasteiger partial charge in [-0.25, -0.2) is 5.06 Å². The van der Waals surface area contributed by atoms with Crippen LogP contribution in [-0.4, -0.2) is 42.9 Å². The molecule has 0 spiro atoms. The third-order valence-corrected chi connectivity index (χ3v) is 3.29. The molecule has 1 aromatic carbocycles. The molecule has 2 rings (SSSR count). The van der Waals surface area contributed by atoms with Crippen LogP contribution >= 0.6 is 0 Å². The number of hydrogen-bond donors (Lipinski definition) is 1. The predicted octanol–water partition coefficient (Wildman–Crippen LogP) is 0.799. The summed E-state index contributed by atoms with van der Waals surface area (Å²) in [5.74, 6) is -2.00. The molecule has 1 heterocycles. The van der Waals surface area contributed by atoms with E-state index < -0.39 is 23.7 Å². The van der Waals surface area contributed by atoms with Gasteiger partial charge in [0, 0.05) is 5.92 Å². The van der Waals surface area contributed by atoms with Crippen molar-refractivity contribution in [1.29, 1.82) is 0 Å². The van der Waals surface area contributed by atoms with Gasteiger partial charge in [-0.15, -0.1) is 0 Å². The third-order valence-electron chi connectivity index (χ3n) is 3.29. The van der Waals surface area contributed by atoms with Crippen molar-refractivity contribution in [2.75, 3.05) is 20.8 Å². The number of carbonyl (C=O) groups is 2. The second-order valence-electron chi connectivity index (χ2n) is 4.30. The summed E-state index contributed by atoms with van der Waals surface area (Å²) < 4.78 is 9.68. The first-order valence-electron chi connectivity index (χ1n) is 5.80. The molecule has 1 fully saturated rings.